The number of carbonyl (C=O) groups excluding carboxylic acids is 1. The minimum absolute atomic E-state index is 0.226. The molecule has 0 spiro atoms. The molecule has 0 aromatic carbocycles. The maximum atomic E-state index is 12.3. The zero-order chi connectivity index (χ0) is 15.2. The van der Waals surface area contributed by atoms with Crippen LogP contribution in [0.1, 0.15) is 28.5 Å². The van der Waals surface area contributed by atoms with E-state index in [4.69, 9.17) is 5.73 Å². The predicted octanol–water partition coefficient (Wildman–Crippen LogP) is 0.940. The summed E-state index contributed by atoms with van der Waals surface area (Å²) in [6, 6.07) is 3.47. The Morgan fingerprint density at radius 1 is 1.52 bits per heavy atom. The van der Waals surface area contributed by atoms with Gasteiger partial charge in [-0.1, -0.05) is 18.8 Å². The van der Waals surface area contributed by atoms with Gasteiger partial charge in [0.2, 0.25) is 0 Å². The van der Waals surface area contributed by atoms with Gasteiger partial charge in [0.05, 0.1) is 17.8 Å². The van der Waals surface area contributed by atoms with E-state index in [2.05, 4.69) is 27.2 Å². The molecule has 1 amide bonds. The third-order valence-electron chi connectivity index (χ3n) is 2.82. The standard InChI is InChI=1S/C15H17N5O/c1-3-13-12(10-20(2)19-13)15(21)18-14-9-11(5-4-7-16)6-8-17-14/h6,8-10H,3,7,16H2,1-2H3,(H,17,18,21). The smallest absolute Gasteiger partial charge is 0.260 e. The quantitative estimate of drug-likeness (QED) is 0.821. The number of carbonyl (C=O) groups is 1. The van der Waals surface area contributed by atoms with Gasteiger partial charge >= 0.3 is 0 Å². The maximum absolute atomic E-state index is 12.3. The highest BCUT2D eigenvalue weighted by Gasteiger charge is 2.14. The first-order chi connectivity index (χ1) is 10.1. The van der Waals surface area contributed by atoms with Gasteiger partial charge in [0, 0.05) is 25.0 Å². The molecule has 2 rings (SSSR count). The van der Waals surface area contributed by atoms with Crippen LogP contribution in [0.2, 0.25) is 0 Å². The summed E-state index contributed by atoms with van der Waals surface area (Å²) < 4.78 is 1.63. The van der Waals surface area contributed by atoms with Crippen molar-refractivity contribution in [2.24, 2.45) is 12.8 Å². The van der Waals surface area contributed by atoms with Crippen LogP contribution in [0.25, 0.3) is 0 Å². The number of nitrogens with one attached hydrogen (secondary N) is 1. The molecular weight excluding hydrogens is 266 g/mol. The summed E-state index contributed by atoms with van der Waals surface area (Å²) in [4.78, 5) is 16.4. The average Bonchev–Trinajstić information content (AvgIpc) is 2.87. The van der Waals surface area contributed by atoms with Crippen molar-refractivity contribution in [3.8, 4) is 11.8 Å². The molecule has 0 aliphatic rings. The SMILES string of the molecule is CCc1nn(C)cc1C(=O)Nc1cc(C#CCN)ccn1. The van der Waals surface area contributed by atoms with E-state index >= 15 is 0 Å². The van der Waals surface area contributed by atoms with Crippen LogP contribution in [-0.4, -0.2) is 27.2 Å². The third-order valence-corrected chi connectivity index (χ3v) is 2.82. The van der Waals surface area contributed by atoms with Gasteiger partial charge in [0.1, 0.15) is 5.82 Å². The Hall–Kier alpha value is -2.65. The van der Waals surface area contributed by atoms with Crippen molar-refractivity contribution in [3.63, 3.8) is 0 Å². The lowest BCUT2D eigenvalue weighted by Gasteiger charge is -2.04. The van der Waals surface area contributed by atoms with Gasteiger partial charge in [-0.2, -0.15) is 5.10 Å². The van der Waals surface area contributed by atoms with Crippen molar-refractivity contribution in [3.05, 3.63) is 41.3 Å². The number of hydrogen-bond donors (Lipinski definition) is 2. The van der Waals surface area contributed by atoms with Crippen molar-refractivity contribution in [2.75, 3.05) is 11.9 Å². The van der Waals surface area contributed by atoms with Crippen LogP contribution in [0, 0.1) is 11.8 Å². The predicted molar refractivity (Wildman–Crippen MR) is 80.7 cm³/mol. The summed E-state index contributed by atoms with van der Waals surface area (Å²) in [7, 11) is 1.79. The van der Waals surface area contributed by atoms with E-state index in [1.807, 2.05) is 6.92 Å². The number of aromatic nitrogens is 3. The molecule has 0 aliphatic carbocycles. The van der Waals surface area contributed by atoms with Crippen LogP contribution in [0.4, 0.5) is 5.82 Å². The lowest BCUT2D eigenvalue weighted by atomic mass is 10.2. The Balaban J connectivity index is 2.19. The number of aryl methyl sites for hydroxylation is 2. The molecule has 0 fully saturated rings. The number of nitrogens with two attached hydrogens (primary N) is 1. The second kappa shape index (κ2) is 6.68. The molecule has 0 bridgehead atoms. The lowest BCUT2D eigenvalue weighted by molar-refractivity contribution is 0.102. The highest BCUT2D eigenvalue weighted by Crippen LogP contribution is 2.11. The average molecular weight is 283 g/mol. The van der Waals surface area contributed by atoms with Gasteiger partial charge in [-0.05, 0) is 18.6 Å². The fraction of sp³-hybridized carbons (Fsp3) is 0.267. The number of nitrogens with zero attached hydrogens (tertiary/aromatic N) is 3. The largest absolute Gasteiger partial charge is 0.320 e. The summed E-state index contributed by atoms with van der Waals surface area (Å²) in [5.74, 6) is 5.89. The molecule has 2 aromatic heterocycles. The molecule has 21 heavy (non-hydrogen) atoms. The van der Waals surface area contributed by atoms with Gasteiger partial charge in [-0.15, -0.1) is 0 Å². The normalized spacial score (nSPS) is 9.86. The highest BCUT2D eigenvalue weighted by molar-refractivity contribution is 6.04. The fourth-order valence-corrected chi connectivity index (χ4v) is 1.90. The van der Waals surface area contributed by atoms with E-state index in [1.165, 1.54) is 0 Å². The van der Waals surface area contributed by atoms with E-state index in [9.17, 15) is 4.79 Å². The summed E-state index contributed by atoms with van der Waals surface area (Å²) in [6.07, 6.45) is 3.99. The van der Waals surface area contributed by atoms with Gasteiger partial charge in [0.15, 0.2) is 0 Å². The first-order valence-electron chi connectivity index (χ1n) is 6.63. The molecule has 2 aromatic rings. The molecule has 6 heteroatoms. The minimum Gasteiger partial charge on any atom is -0.320 e. The second-order valence-electron chi connectivity index (χ2n) is 4.41. The Kier molecular flexibility index (Phi) is 4.69. The fourth-order valence-electron chi connectivity index (χ4n) is 1.90. The van der Waals surface area contributed by atoms with Gasteiger partial charge in [0.25, 0.3) is 5.91 Å². The highest BCUT2D eigenvalue weighted by atomic mass is 16.1. The Morgan fingerprint density at radius 2 is 2.33 bits per heavy atom. The van der Waals surface area contributed by atoms with E-state index in [1.54, 1.807) is 36.3 Å². The zero-order valence-corrected chi connectivity index (χ0v) is 12.1. The molecule has 0 aliphatic heterocycles. The molecule has 0 radical (unpaired) electrons. The third kappa shape index (κ3) is 3.68. The Morgan fingerprint density at radius 3 is 3.05 bits per heavy atom. The first kappa shape index (κ1) is 14.8. The summed E-state index contributed by atoms with van der Waals surface area (Å²) >= 11 is 0. The van der Waals surface area contributed by atoms with E-state index < -0.39 is 0 Å². The van der Waals surface area contributed by atoms with Crippen molar-refractivity contribution in [1.82, 2.24) is 14.8 Å². The molecule has 2 heterocycles. The Bertz CT molecular complexity index is 708. The van der Waals surface area contributed by atoms with Gasteiger partial charge in [-0.25, -0.2) is 4.98 Å². The zero-order valence-electron chi connectivity index (χ0n) is 12.1. The second-order valence-corrected chi connectivity index (χ2v) is 4.41. The van der Waals surface area contributed by atoms with Crippen LogP contribution in [0.5, 0.6) is 0 Å². The number of rotatable bonds is 3. The number of anilines is 1. The van der Waals surface area contributed by atoms with E-state index in [-0.39, 0.29) is 5.91 Å². The molecule has 0 unspecified atom stereocenters. The molecule has 6 nitrogen and oxygen atoms in total. The number of amides is 1. The molecule has 0 saturated heterocycles. The summed E-state index contributed by atoms with van der Waals surface area (Å²) in [6.45, 7) is 2.25. The maximum Gasteiger partial charge on any atom is 0.260 e. The lowest BCUT2D eigenvalue weighted by Crippen LogP contribution is -2.14. The van der Waals surface area contributed by atoms with E-state index in [0.29, 0.717) is 24.3 Å². The van der Waals surface area contributed by atoms with Crippen LogP contribution in [0.15, 0.2) is 24.5 Å². The first-order valence-corrected chi connectivity index (χ1v) is 6.63. The molecule has 0 saturated carbocycles. The number of pyridine rings is 1. The van der Waals surface area contributed by atoms with Gasteiger partial charge < -0.3 is 11.1 Å². The molecular formula is C15H17N5O. The minimum atomic E-state index is -0.226. The molecule has 108 valence electrons. The summed E-state index contributed by atoms with van der Waals surface area (Å²) in [5.41, 5.74) is 7.41. The van der Waals surface area contributed by atoms with Crippen molar-refractivity contribution < 1.29 is 4.79 Å². The number of hydrogen-bond acceptors (Lipinski definition) is 4. The van der Waals surface area contributed by atoms with Gasteiger partial charge in [-0.3, -0.25) is 9.48 Å². The van der Waals surface area contributed by atoms with Crippen LogP contribution in [-0.2, 0) is 13.5 Å². The van der Waals surface area contributed by atoms with E-state index in [0.717, 1.165) is 11.3 Å². The topological polar surface area (TPSA) is 85.8 Å². The van der Waals surface area contributed by atoms with Crippen LogP contribution < -0.4 is 11.1 Å². The van der Waals surface area contributed by atoms with Crippen molar-refractivity contribution in [2.45, 2.75) is 13.3 Å². The van der Waals surface area contributed by atoms with Crippen LogP contribution in [0.3, 0.4) is 0 Å². The Labute approximate surface area is 123 Å². The molecule has 0 atom stereocenters. The monoisotopic (exact) mass is 283 g/mol. The molecule has 3 N–H and O–H groups in total. The summed E-state index contributed by atoms with van der Waals surface area (Å²) in [5, 5.41) is 7.01. The van der Waals surface area contributed by atoms with Crippen molar-refractivity contribution >= 4 is 11.7 Å². The van der Waals surface area contributed by atoms with Crippen molar-refractivity contribution in [1.29, 1.82) is 0 Å². The van der Waals surface area contributed by atoms with Crippen LogP contribution >= 0.6 is 0 Å².